The van der Waals surface area contributed by atoms with Gasteiger partial charge in [-0.15, -0.1) is 0 Å². The Hall–Kier alpha value is -0.650. The molecule has 0 unspecified atom stereocenters. The number of hydrogen-bond acceptors (Lipinski definition) is 4. The molecule has 0 bridgehead atoms. The molecule has 0 aliphatic rings. The summed E-state index contributed by atoms with van der Waals surface area (Å²) < 4.78 is 0. The van der Waals surface area contributed by atoms with Crippen LogP contribution >= 0.6 is 0 Å². The second-order valence-electron chi connectivity index (χ2n) is 1.83. The van der Waals surface area contributed by atoms with Crippen molar-refractivity contribution in [3.63, 3.8) is 0 Å². The van der Waals surface area contributed by atoms with Gasteiger partial charge < -0.3 is 21.5 Å². The van der Waals surface area contributed by atoms with E-state index in [4.69, 9.17) is 15.3 Å². The lowest BCUT2D eigenvalue weighted by atomic mass is 10.1. The highest BCUT2D eigenvalue weighted by Gasteiger charge is 2.09. The third-order valence-corrected chi connectivity index (χ3v) is 0.980. The van der Waals surface area contributed by atoms with Crippen LogP contribution in [0.1, 0.15) is 6.42 Å². The summed E-state index contributed by atoms with van der Waals surface area (Å²) in [5, 5.41) is 24.8. The highest BCUT2D eigenvalue weighted by Crippen LogP contribution is 1.98. The Morgan fingerprint density at radius 2 is 1.70 bits per heavy atom. The van der Waals surface area contributed by atoms with Gasteiger partial charge in [0, 0.05) is 19.1 Å². The van der Waals surface area contributed by atoms with Gasteiger partial charge in [0.05, 0.1) is 6.42 Å². The van der Waals surface area contributed by atoms with Crippen molar-refractivity contribution in [2.45, 2.75) is 6.42 Å². The average molecular weight is 151 g/mol. The van der Waals surface area contributed by atoms with E-state index in [1.54, 1.807) is 0 Å². The van der Waals surface area contributed by atoms with Crippen molar-refractivity contribution in [3.05, 3.63) is 0 Å². The van der Waals surface area contributed by atoms with Gasteiger partial charge in [-0.05, 0) is 0 Å². The molecule has 0 atom stereocenters. The third-order valence-electron chi connectivity index (χ3n) is 0.980. The van der Waals surface area contributed by atoms with E-state index in [1.807, 2.05) is 0 Å². The second-order valence-corrected chi connectivity index (χ2v) is 1.83. The average Bonchev–Trinajstić information content (AvgIpc) is 1.82. The third kappa shape index (κ3) is 5.49. The van der Waals surface area contributed by atoms with Gasteiger partial charge in [-0.25, -0.2) is 0 Å². The second kappa shape index (κ2) is 6.47. The van der Waals surface area contributed by atoms with Crippen molar-refractivity contribution in [2.75, 3.05) is 13.2 Å². The van der Waals surface area contributed by atoms with Crippen molar-refractivity contribution in [1.82, 2.24) is 6.15 Å². The Balaban J connectivity index is 0. The summed E-state index contributed by atoms with van der Waals surface area (Å²) in [4.78, 5) is 9.91. The van der Waals surface area contributed by atoms with E-state index >= 15 is 0 Å². The largest absolute Gasteiger partial charge is 0.481 e. The zero-order chi connectivity index (χ0) is 7.28. The Morgan fingerprint density at radius 1 is 1.30 bits per heavy atom. The van der Waals surface area contributed by atoms with E-state index in [2.05, 4.69) is 0 Å². The SMILES string of the molecule is N.O=C(O)CC(CO)CO. The quantitative estimate of drug-likeness (QED) is 0.421. The molecule has 0 aromatic heterocycles. The van der Waals surface area contributed by atoms with Crippen LogP contribution in [0.4, 0.5) is 0 Å². The number of aliphatic carboxylic acids is 1. The van der Waals surface area contributed by atoms with Crippen LogP contribution in [0.15, 0.2) is 0 Å². The Morgan fingerprint density at radius 3 is 1.80 bits per heavy atom. The van der Waals surface area contributed by atoms with Crippen molar-refractivity contribution in [3.8, 4) is 0 Å². The number of rotatable bonds is 4. The number of carbonyl (C=O) groups is 1. The summed E-state index contributed by atoms with van der Waals surface area (Å²) >= 11 is 0. The van der Waals surface area contributed by atoms with Crippen LogP contribution in [0.5, 0.6) is 0 Å². The zero-order valence-corrected chi connectivity index (χ0v) is 5.66. The van der Waals surface area contributed by atoms with Gasteiger partial charge in [0.25, 0.3) is 0 Å². The highest BCUT2D eigenvalue weighted by atomic mass is 16.4. The Bertz CT molecular complexity index is 91.6. The Kier molecular flexibility index (Phi) is 7.81. The lowest BCUT2D eigenvalue weighted by molar-refractivity contribution is -0.138. The smallest absolute Gasteiger partial charge is 0.303 e. The van der Waals surface area contributed by atoms with Crippen molar-refractivity contribution in [2.24, 2.45) is 5.92 Å². The predicted molar refractivity (Wildman–Crippen MR) is 34.9 cm³/mol. The van der Waals surface area contributed by atoms with E-state index in [0.717, 1.165) is 0 Å². The fraction of sp³-hybridized carbons (Fsp3) is 0.800. The summed E-state index contributed by atoms with van der Waals surface area (Å²) in [7, 11) is 0. The van der Waals surface area contributed by atoms with Crippen molar-refractivity contribution < 1.29 is 20.1 Å². The number of hydrogen-bond donors (Lipinski definition) is 4. The first kappa shape index (κ1) is 12.1. The van der Waals surface area contributed by atoms with Crippen molar-refractivity contribution >= 4 is 5.97 Å². The molecule has 62 valence electrons. The summed E-state index contributed by atoms with van der Waals surface area (Å²) in [6, 6.07) is 0. The normalized spacial score (nSPS) is 9.10. The maximum absolute atomic E-state index is 9.91. The van der Waals surface area contributed by atoms with Crippen LogP contribution in [-0.2, 0) is 4.79 Å². The monoisotopic (exact) mass is 151 g/mol. The van der Waals surface area contributed by atoms with Crippen LogP contribution in [0, 0.1) is 5.92 Å². The van der Waals surface area contributed by atoms with Gasteiger partial charge in [0.2, 0.25) is 0 Å². The van der Waals surface area contributed by atoms with Gasteiger partial charge in [0.15, 0.2) is 0 Å². The summed E-state index contributed by atoms with van der Waals surface area (Å²) in [6.07, 6.45) is -0.174. The first-order chi connectivity index (χ1) is 4.20. The molecule has 0 aromatic rings. The summed E-state index contributed by atoms with van der Waals surface area (Å²) in [5.74, 6) is -1.51. The van der Waals surface area contributed by atoms with Gasteiger partial charge in [-0.1, -0.05) is 0 Å². The minimum Gasteiger partial charge on any atom is -0.481 e. The van der Waals surface area contributed by atoms with Gasteiger partial charge in [-0.3, -0.25) is 4.79 Å². The Labute approximate surface area is 58.9 Å². The van der Waals surface area contributed by atoms with E-state index < -0.39 is 11.9 Å². The van der Waals surface area contributed by atoms with Gasteiger partial charge in [-0.2, -0.15) is 0 Å². The van der Waals surface area contributed by atoms with Crippen LogP contribution in [0.25, 0.3) is 0 Å². The molecule has 0 saturated heterocycles. The lowest BCUT2D eigenvalue weighted by Crippen LogP contribution is -2.15. The molecule has 0 spiro atoms. The molecule has 0 fully saturated rings. The van der Waals surface area contributed by atoms with Gasteiger partial charge >= 0.3 is 5.97 Å². The summed E-state index contributed by atoms with van der Waals surface area (Å²) in [5.41, 5.74) is 0. The van der Waals surface area contributed by atoms with E-state index in [0.29, 0.717) is 0 Å². The maximum atomic E-state index is 9.91. The molecule has 10 heavy (non-hydrogen) atoms. The van der Waals surface area contributed by atoms with E-state index in [9.17, 15) is 4.79 Å². The molecule has 0 amide bonds. The summed E-state index contributed by atoms with van der Waals surface area (Å²) in [6.45, 7) is -0.550. The topological polar surface area (TPSA) is 113 Å². The molecule has 0 radical (unpaired) electrons. The number of aliphatic hydroxyl groups is 2. The molecule has 0 aliphatic carbocycles. The first-order valence-electron chi connectivity index (χ1n) is 2.64. The van der Waals surface area contributed by atoms with Gasteiger partial charge in [0.1, 0.15) is 0 Å². The zero-order valence-electron chi connectivity index (χ0n) is 5.66. The molecule has 0 heterocycles. The fourth-order valence-corrected chi connectivity index (χ4v) is 0.434. The highest BCUT2D eigenvalue weighted by molar-refractivity contribution is 5.67. The van der Waals surface area contributed by atoms with Crippen LogP contribution in [-0.4, -0.2) is 34.5 Å². The fourth-order valence-electron chi connectivity index (χ4n) is 0.434. The molecule has 5 nitrogen and oxygen atoms in total. The number of carboxylic acid groups (broad SMARTS) is 1. The first-order valence-corrected chi connectivity index (χ1v) is 2.64. The molecule has 5 heteroatoms. The van der Waals surface area contributed by atoms with E-state index in [-0.39, 0.29) is 25.8 Å². The van der Waals surface area contributed by atoms with Crippen LogP contribution in [0.2, 0.25) is 0 Å². The van der Waals surface area contributed by atoms with Crippen LogP contribution < -0.4 is 6.15 Å². The number of carboxylic acids is 1. The minimum absolute atomic E-state index is 0. The van der Waals surface area contributed by atoms with Crippen LogP contribution in [0.3, 0.4) is 0 Å². The lowest BCUT2D eigenvalue weighted by Gasteiger charge is -2.04. The predicted octanol–water partition coefficient (Wildman–Crippen LogP) is -0.776. The standard InChI is InChI=1S/C5H10O4.H3N/c6-2-4(3-7)1-5(8)9;/h4,6-7H,1-3H2,(H,8,9);1H3. The molecule has 0 rings (SSSR count). The molecule has 6 N–H and O–H groups in total. The molecule has 0 aromatic carbocycles. The minimum atomic E-state index is -0.997. The number of aliphatic hydroxyl groups excluding tert-OH is 2. The molecule has 0 aliphatic heterocycles. The molecule has 0 saturated carbocycles. The van der Waals surface area contributed by atoms with E-state index in [1.165, 1.54) is 0 Å². The molecular formula is C5H13NO4. The molecular weight excluding hydrogens is 138 g/mol. The van der Waals surface area contributed by atoms with Crippen molar-refractivity contribution in [1.29, 1.82) is 0 Å². The maximum Gasteiger partial charge on any atom is 0.303 e.